The van der Waals surface area contributed by atoms with Gasteiger partial charge < -0.3 is 0 Å². The number of allylic oxidation sites excluding steroid dienone is 3. The van der Waals surface area contributed by atoms with E-state index in [0.717, 1.165) is 17.0 Å². The molecule has 35 heavy (non-hydrogen) atoms. The molecule has 0 atom stereocenters. The number of rotatable bonds is 4. The van der Waals surface area contributed by atoms with Gasteiger partial charge >= 0.3 is 0 Å². The van der Waals surface area contributed by atoms with E-state index in [2.05, 4.69) is 106 Å². The van der Waals surface area contributed by atoms with Gasteiger partial charge in [-0.25, -0.2) is 0 Å². The van der Waals surface area contributed by atoms with Crippen LogP contribution in [0.1, 0.15) is 57.0 Å². The third-order valence-corrected chi connectivity index (χ3v) is 9.60. The second kappa shape index (κ2) is 7.71. The first-order valence-electron chi connectivity index (χ1n) is 11.9. The molecule has 6 rings (SSSR count). The molecular weight excluding hydrogens is 464 g/mol. The van der Waals surface area contributed by atoms with Crippen molar-refractivity contribution in [2.45, 2.75) is 45.4 Å². The Morgan fingerprint density at radius 3 is 2.06 bits per heavy atom. The van der Waals surface area contributed by atoms with Crippen molar-refractivity contribution >= 4 is 40.7 Å². The molecule has 4 heteroatoms. The van der Waals surface area contributed by atoms with Gasteiger partial charge in [0.25, 0.3) is 0 Å². The first-order chi connectivity index (χ1) is 16.7. The van der Waals surface area contributed by atoms with Crippen LogP contribution in [0.5, 0.6) is 0 Å². The van der Waals surface area contributed by atoms with Gasteiger partial charge in [-0.1, -0.05) is 52.0 Å². The van der Waals surface area contributed by atoms with Crippen LogP contribution in [0.25, 0.3) is 32.2 Å². The fraction of sp³-hybridized carbons (Fsp3) is 0.226. The van der Waals surface area contributed by atoms with Crippen LogP contribution in [-0.2, 0) is 10.8 Å². The summed E-state index contributed by atoms with van der Waals surface area (Å²) in [5, 5.41) is 4.26. The molecule has 0 amide bonds. The normalized spacial score (nSPS) is 17.6. The molecule has 0 radical (unpaired) electrons. The Bertz CT molecular complexity index is 1550. The van der Waals surface area contributed by atoms with E-state index in [4.69, 9.17) is 4.98 Å². The number of benzene rings is 1. The molecule has 0 N–H and O–H groups in total. The summed E-state index contributed by atoms with van der Waals surface area (Å²) < 4.78 is 0. The van der Waals surface area contributed by atoms with Gasteiger partial charge in [0.1, 0.15) is 0 Å². The van der Waals surface area contributed by atoms with E-state index in [1.54, 1.807) is 22.7 Å². The van der Waals surface area contributed by atoms with Crippen LogP contribution in [0, 0.1) is 0 Å². The summed E-state index contributed by atoms with van der Waals surface area (Å²) in [4.78, 5) is 12.1. The minimum Gasteiger partial charge on any atom is -0.262 e. The third kappa shape index (κ3) is 3.13. The van der Waals surface area contributed by atoms with Crippen molar-refractivity contribution < 1.29 is 0 Å². The van der Waals surface area contributed by atoms with Crippen molar-refractivity contribution in [3.8, 4) is 20.9 Å². The highest BCUT2D eigenvalue weighted by atomic mass is 32.1. The highest BCUT2D eigenvalue weighted by Gasteiger charge is 2.48. The number of hydrogen-bond acceptors (Lipinski definition) is 4. The Morgan fingerprint density at radius 1 is 0.800 bits per heavy atom. The lowest BCUT2D eigenvalue weighted by Gasteiger charge is -2.33. The van der Waals surface area contributed by atoms with Crippen molar-refractivity contribution in [3.05, 3.63) is 99.0 Å². The molecule has 3 heterocycles. The number of aromatic nitrogens is 1. The zero-order valence-corrected chi connectivity index (χ0v) is 22.4. The molecular formula is C31H28N2S2. The summed E-state index contributed by atoms with van der Waals surface area (Å²) in [5.41, 5.74) is 11.8. The van der Waals surface area contributed by atoms with Gasteiger partial charge in [-0.05, 0) is 87.6 Å². The van der Waals surface area contributed by atoms with E-state index < -0.39 is 0 Å². The van der Waals surface area contributed by atoms with Crippen molar-refractivity contribution in [2.24, 2.45) is 4.99 Å². The number of nitrogens with zero attached hydrogens (tertiary/aromatic N) is 2. The Hall–Kier alpha value is -3.08. The molecule has 0 saturated heterocycles. The number of pyridine rings is 1. The van der Waals surface area contributed by atoms with E-state index in [0.29, 0.717) is 0 Å². The van der Waals surface area contributed by atoms with Crippen LogP contribution in [-0.4, -0.2) is 11.7 Å². The number of hydrogen-bond donors (Lipinski definition) is 0. The van der Waals surface area contributed by atoms with Gasteiger partial charge in [-0.15, -0.1) is 22.7 Å². The maximum absolute atomic E-state index is 4.95. The van der Waals surface area contributed by atoms with Gasteiger partial charge in [-0.3, -0.25) is 9.98 Å². The maximum atomic E-state index is 4.95. The van der Waals surface area contributed by atoms with Gasteiger partial charge in [0.15, 0.2) is 0 Å². The monoisotopic (exact) mass is 492 g/mol. The van der Waals surface area contributed by atoms with Crippen LogP contribution in [0.4, 0.5) is 0 Å². The smallest absolute Gasteiger partial charge is 0.0930 e. The summed E-state index contributed by atoms with van der Waals surface area (Å²) >= 11 is 3.54. The fourth-order valence-corrected chi connectivity index (χ4v) is 7.50. The van der Waals surface area contributed by atoms with E-state index in [1.807, 2.05) is 6.20 Å². The summed E-state index contributed by atoms with van der Waals surface area (Å²) in [7, 11) is 0. The van der Waals surface area contributed by atoms with Crippen LogP contribution in [0.2, 0.25) is 0 Å². The topological polar surface area (TPSA) is 25.2 Å². The fourth-order valence-electron chi connectivity index (χ4n) is 6.06. The largest absolute Gasteiger partial charge is 0.262 e. The van der Waals surface area contributed by atoms with E-state index in [9.17, 15) is 0 Å². The van der Waals surface area contributed by atoms with E-state index in [-0.39, 0.29) is 10.8 Å². The molecule has 2 aliphatic rings. The highest BCUT2D eigenvalue weighted by molar-refractivity contribution is 7.13. The minimum absolute atomic E-state index is 0.159. The minimum atomic E-state index is -0.237. The van der Waals surface area contributed by atoms with Crippen molar-refractivity contribution in [1.29, 1.82) is 0 Å². The Balaban J connectivity index is 1.52. The van der Waals surface area contributed by atoms with Crippen LogP contribution in [0.15, 0.2) is 81.6 Å². The van der Waals surface area contributed by atoms with E-state index in [1.165, 1.54) is 48.7 Å². The number of thiophene rings is 2. The predicted molar refractivity (Wildman–Crippen MR) is 152 cm³/mol. The third-order valence-electron chi connectivity index (χ3n) is 7.76. The summed E-state index contributed by atoms with van der Waals surface area (Å²) in [6.45, 7) is 15.6. The molecule has 0 unspecified atom stereocenters. The molecule has 0 spiro atoms. The quantitative estimate of drug-likeness (QED) is 0.261. The molecule has 2 nitrogen and oxygen atoms in total. The van der Waals surface area contributed by atoms with Gasteiger partial charge in [0, 0.05) is 32.3 Å². The average molecular weight is 493 g/mol. The maximum Gasteiger partial charge on any atom is 0.0930 e. The predicted octanol–water partition coefficient (Wildman–Crippen LogP) is 9.01. The standard InChI is InChI=1S/C31H28N2S2/c1-18-21-12-11-19(24-9-7-13-34-24)15-22(21)30(2,3)26(18)27-29(32-6)28-23(31(27,4)5)16-20(17-33-28)25-10-8-14-35-25/h7-17H,6H2,1-5H3. The van der Waals surface area contributed by atoms with Gasteiger partial charge in [-0.2, -0.15) is 0 Å². The zero-order valence-electron chi connectivity index (χ0n) is 20.8. The zero-order chi connectivity index (χ0) is 24.5. The molecule has 0 saturated carbocycles. The first-order valence-corrected chi connectivity index (χ1v) is 13.7. The second-order valence-electron chi connectivity index (χ2n) is 10.5. The molecule has 0 fully saturated rings. The van der Waals surface area contributed by atoms with Crippen molar-refractivity contribution in [1.82, 2.24) is 4.98 Å². The second-order valence-corrected chi connectivity index (χ2v) is 12.4. The SMILES string of the molecule is C=NC1=C(C2=C(C)c3ccc(-c4cccs4)cc3C2(C)C)C(C)(C)c2cc(-c3cccs3)cnc21. The molecule has 1 aromatic carbocycles. The van der Waals surface area contributed by atoms with Crippen LogP contribution >= 0.6 is 22.7 Å². The lowest BCUT2D eigenvalue weighted by molar-refractivity contribution is 0.581. The molecule has 174 valence electrons. The lowest BCUT2D eigenvalue weighted by Crippen LogP contribution is -2.26. The first kappa shape index (κ1) is 22.4. The Labute approximate surface area is 215 Å². The molecule has 4 aromatic rings. The van der Waals surface area contributed by atoms with E-state index >= 15 is 0 Å². The Morgan fingerprint density at radius 2 is 1.43 bits per heavy atom. The number of aliphatic imine (C=N–C) groups is 1. The van der Waals surface area contributed by atoms with Crippen molar-refractivity contribution in [3.63, 3.8) is 0 Å². The summed E-state index contributed by atoms with van der Waals surface area (Å²) in [5.74, 6) is 0. The summed E-state index contributed by atoms with van der Waals surface area (Å²) in [6.07, 6.45) is 1.98. The molecule has 0 bridgehead atoms. The van der Waals surface area contributed by atoms with Gasteiger partial charge in [0.2, 0.25) is 0 Å². The van der Waals surface area contributed by atoms with Gasteiger partial charge in [0.05, 0.1) is 11.4 Å². The van der Waals surface area contributed by atoms with Crippen molar-refractivity contribution in [2.75, 3.05) is 0 Å². The van der Waals surface area contributed by atoms with Crippen LogP contribution in [0.3, 0.4) is 0 Å². The Kier molecular flexibility index (Phi) is 4.93. The molecule has 2 aliphatic carbocycles. The average Bonchev–Trinajstić information content (AvgIpc) is 3.62. The van der Waals surface area contributed by atoms with Crippen LogP contribution < -0.4 is 0 Å². The number of fused-ring (bicyclic) bond motifs is 2. The highest BCUT2D eigenvalue weighted by Crippen LogP contribution is 2.58. The molecule has 0 aliphatic heterocycles. The summed E-state index contributed by atoms with van der Waals surface area (Å²) in [6, 6.07) is 17.8. The molecule has 3 aromatic heterocycles. The lowest BCUT2D eigenvalue weighted by atomic mass is 9.69.